The van der Waals surface area contributed by atoms with Gasteiger partial charge >= 0.3 is 0 Å². The van der Waals surface area contributed by atoms with Crippen LogP contribution in [0.1, 0.15) is 50.2 Å². The molecule has 0 amide bonds. The molecule has 1 unspecified atom stereocenters. The third-order valence-corrected chi connectivity index (χ3v) is 3.98. The molecule has 1 atom stereocenters. The van der Waals surface area contributed by atoms with Crippen LogP contribution in [0.4, 0.5) is 4.39 Å². The Labute approximate surface area is 119 Å². The maximum absolute atomic E-state index is 13.7. The number of aliphatic hydroxyl groups is 1. The van der Waals surface area contributed by atoms with Gasteiger partial charge in [-0.05, 0) is 49.4 Å². The lowest BCUT2D eigenvalue weighted by Gasteiger charge is -2.22. The first-order chi connectivity index (χ1) is 9.70. The van der Waals surface area contributed by atoms with Gasteiger partial charge in [-0.25, -0.2) is 4.39 Å². The van der Waals surface area contributed by atoms with E-state index < -0.39 is 6.10 Å². The molecule has 1 aromatic carbocycles. The Kier molecular flexibility index (Phi) is 5.80. The van der Waals surface area contributed by atoms with Crippen molar-refractivity contribution in [1.29, 1.82) is 0 Å². The molecular formula is C16H24FNO2. The average Bonchev–Trinajstić information content (AvgIpc) is 2.47. The summed E-state index contributed by atoms with van der Waals surface area (Å²) in [5, 5.41) is 9.89. The molecule has 0 aromatic heterocycles. The summed E-state index contributed by atoms with van der Waals surface area (Å²) in [6, 6.07) is 4.53. The van der Waals surface area contributed by atoms with Crippen molar-refractivity contribution in [2.24, 2.45) is 11.7 Å². The molecule has 0 saturated heterocycles. The third-order valence-electron chi connectivity index (χ3n) is 3.98. The Morgan fingerprint density at radius 2 is 2.05 bits per heavy atom. The van der Waals surface area contributed by atoms with Crippen molar-refractivity contribution in [1.82, 2.24) is 0 Å². The molecule has 20 heavy (non-hydrogen) atoms. The Hall–Kier alpha value is -1.13. The number of aliphatic hydroxyl groups excluding tert-OH is 1. The summed E-state index contributed by atoms with van der Waals surface area (Å²) < 4.78 is 19.4. The normalized spacial score (nSPS) is 17.9. The number of halogens is 1. The molecule has 1 aliphatic carbocycles. The van der Waals surface area contributed by atoms with Crippen LogP contribution in [0.5, 0.6) is 5.75 Å². The molecule has 0 bridgehead atoms. The summed E-state index contributed by atoms with van der Waals surface area (Å²) in [7, 11) is 0. The highest BCUT2D eigenvalue weighted by Gasteiger charge is 2.16. The largest absolute Gasteiger partial charge is 0.490 e. The first kappa shape index (κ1) is 15.3. The predicted octanol–water partition coefficient (Wildman–Crippen LogP) is 3.17. The zero-order valence-electron chi connectivity index (χ0n) is 11.9. The fourth-order valence-corrected chi connectivity index (χ4v) is 2.72. The maximum Gasteiger partial charge on any atom is 0.165 e. The van der Waals surface area contributed by atoms with Gasteiger partial charge in [-0.15, -0.1) is 0 Å². The second-order valence-electron chi connectivity index (χ2n) is 5.60. The van der Waals surface area contributed by atoms with E-state index in [2.05, 4.69) is 0 Å². The zero-order valence-corrected chi connectivity index (χ0v) is 11.9. The van der Waals surface area contributed by atoms with Crippen LogP contribution >= 0.6 is 0 Å². The van der Waals surface area contributed by atoms with E-state index >= 15 is 0 Å². The van der Waals surface area contributed by atoms with Gasteiger partial charge in [0.2, 0.25) is 0 Å². The number of ether oxygens (including phenoxy) is 1. The molecule has 1 fully saturated rings. The molecule has 0 heterocycles. The average molecular weight is 281 g/mol. The Bertz CT molecular complexity index is 419. The van der Waals surface area contributed by atoms with Crippen LogP contribution in [0.25, 0.3) is 0 Å². The van der Waals surface area contributed by atoms with E-state index in [4.69, 9.17) is 10.5 Å². The van der Waals surface area contributed by atoms with Gasteiger partial charge in [0.1, 0.15) is 0 Å². The predicted molar refractivity (Wildman–Crippen MR) is 77.1 cm³/mol. The minimum Gasteiger partial charge on any atom is -0.490 e. The third kappa shape index (κ3) is 4.18. The van der Waals surface area contributed by atoms with Crippen LogP contribution in [0, 0.1) is 11.7 Å². The van der Waals surface area contributed by atoms with Crippen LogP contribution in [-0.2, 0) is 0 Å². The number of benzene rings is 1. The van der Waals surface area contributed by atoms with Crippen LogP contribution in [0.15, 0.2) is 18.2 Å². The molecule has 1 aromatic rings. The molecule has 3 nitrogen and oxygen atoms in total. The Morgan fingerprint density at radius 1 is 1.30 bits per heavy atom. The van der Waals surface area contributed by atoms with Crippen molar-refractivity contribution in [2.45, 2.75) is 44.6 Å². The molecule has 0 radical (unpaired) electrons. The highest BCUT2D eigenvalue weighted by Crippen LogP contribution is 2.27. The van der Waals surface area contributed by atoms with E-state index in [0.29, 0.717) is 31.1 Å². The van der Waals surface area contributed by atoms with Crippen molar-refractivity contribution in [3.63, 3.8) is 0 Å². The first-order valence-corrected chi connectivity index (χ1v) is 7.51. The van der Waals surface area contributed by atoms with Gasteiger partial charge in [0.15, 0.2) is 11.6 Å². The Balaban J connectivity index is 1.96. The molecule has 1 saturated carbocycles. The Morgan fingerprint density at radius 3 is 2.75 bits per heavy atom. The van der Waals surface area contributed by atoms with Crippen molar-refractivity contribution in [3.05, 3.63) is 29.6 Å². The highest BCUT2D eigenvalue weighted by molar-refractivity contribution is 5.31. The van der Waals surface area contributed by atoms with Crippen LogP contribution in [0.2, 0.25) is 0 Å². The smallest absolute Gasteiger partial charge is 0.165 e. The van der Waals surface area contributed by atoms with Crippen LogP contribution in [-0.4, -0.2) is 18.3 Å². The summed E-state index contributed by atoms with van der Waals surface area (Å²) in [4.78, 5) is 0. The van der Waals surface area contributed by atoms with Crippen LogP contribution < -0.4 is 10.5 Å². The van der Waals surface area contributed by atoms with Gasteiger partial charge in [0, 0.05) is 0 Å². The highest BCUT2D eigenvalue weighted by atomic mass is 19.1. The standard InChI is InChI=1S/C16H24FNO2/c17-14-7-6-13(15(19)8-9-18)10-16(14)20-11-12-4-2-1-3-5-12/h6-7,10,12,15,19H,1-5,8-9,11,18H2. The zero-order chi connectivity index (χ0) is 14.4. The second-order valence-corrected chi connectivity index (χ2v) is 5.60. The fourth-order valence-electron chi connectivity index (χ4n) is 2.72. The minimum atomic E-state index is -0.655. The van der Waals surface area contributed by atoms with E-state index in [-0.39, 0.29) is 11.6 Å². The number of hydrogen-bond acceptors (Lipinski definition) is 3. The molecule has 0 spiro atoms. The summed E-state index contributed by atoms with van der Waals surface area (Å²) in [5.74, 6) is 0.398. The van der Waals surface area contributed by atoms with E-state index in [1.807, 2.05) is 0 Å². The summed E-state index contributed by atoms with van der Waals surface area (Å²) in [5.41, 5.74) is 6.09. The lowest BCUT2D eigenvalue weighted by Crippen LogP contribution is -2.16. The second kappa shape index (κ2) is 7.60. The van der Waals surface area contributed by atoms with Gasteiger partial charge in [-0.1, -0.05) is 25.3 Å². The molecule has 0 aliphatic heterocycles. The van der Waals surface area contributed by atoms with Crippen molar-refractivity contribution in [2.75, 3.05) is 13.2 Å². The first-order valence-electron chi connectivity index (χ1n) is 7.51. The maximum atomic E-state index is 13.7. The van der Waals surface area contributed by atoms with E-state index in [1.165, 1.54) is 25.3 Å². The van der Waals surface area contributed by atoms with E-state index in [0.717, 1.165) is 12.8 Å². The molecule has 1 aliphatic rings. The number of nitrogens with two attached hydrogens (primary N) is 1. The van der Waals surface area contributed by atoms with Gasteiger partial charge < -0.3 is 15.6 Å². The van der Waals surface area contributed by atoms with E-state index in [1.54, 1.807) is 12.1 Å². The SMILES string of the molecule is NCCC(O)c1ccc(F)c(OCC2CCCCC2)c1. The summed E-state index contributed by atoms with van der Waals surface area (Å²) in [6.45, 7) is 0.962. The fraction of sp³-hybridized carbons (Fsp3) is 0.625. The van der Waals surface area contributed by atoms with Gasteiger partial charge in [-0.2, -0.15) is 0 Å². The molecule has 2 rings (SSSR count). The van der Waals surface area contributed by atoms with Crippen LogP contribution in [0.3, 0.4) is 0 Å². The van der Waals surface area contributed by atoms with Crippen molar-refractivity contribution < 1.29 is 14.2 Å². The van der Waals surface area contributed by atoms with Gasteiger partial charge in [0.05, 0.1) is 12.7 Å². The summed E-state index contributed by atoms with van der Waals surface area (Å²) in [6.07, 6.45) is 5.92. The van der Waals surface area contributed by atoms with Gasteiger partial charge in [0.25, 0.3) is 0 Å². The monoisotopic (exact) mass is 281 g/mol. The summed E-state index contributed by atoms with van der Waals surface area (Å²) >= 11 is 0. The minimum absolute atomic E-state index is 0.240. The van der Waals surface area contributed by atoms with E-state index in [9.17, 15) is 9.50 Å². The van der Waals surface area contributed by atoms with Gasteiger partial charge in [-0.3, -0.25) is 0 Å². The quantitative estimate of drug-likeness (QED) is 0.842. The topological polar surface area (TPSA) is 55.5 Å². The lowest BCUT2D eigenvalue weighted by atomic mass is 9.90. The van der Waals surface area contributed by atoms with Crippen molar-refractivity contribution in [3.8, 4) is 5.75 Å². The number of hydrogen-bond donors (Lipinski definition) is 2. The molecule has 4 heteroatoms. The van der Waals surface area contributed by atoms with Crippen molar-refractivity contribution >= 4 is 0 Å². The molecule has 3 N–H and O–H groups in total. The molecule has 112 valence electrons. The molecular weight excluding hydrogens is 257 g/mol. The lowest BCUT2D eigenvalue weighted by molar-refractivity contribution is 0.168. The number of rotatable bonds is 6.